The lowest BCUT2D eigenvalue weighted by Crippen LogP contribution is -2.11. The molecule has 1 aliphatic rings. The number of unbranched alkanes of at least 4 members (excludes halogenated alkanes) is 7. The fourth-order valence-corrected chi connectivity index (χ4v) is 2.02. The number of hydrogen-bond donors (Lipinski definition) is 0. The Morgan fingerprint density at radius 1 is 0.900 bits per heavy atom. The molecule has 0 atom stereocenters. The van der Waals surface area contributed by atoms with Crippen LogP contribution in [0.4, 0.5) is 0 Å². The lowest BCUT2D eigenvalue weighted by atomic mass is 10.1. The average molecular weight is 301 g/mol. The van der Waals surface area contributed by atoms with Crippen molar-refractivity contribution in [1.82, 2.24) is 0 Å². The number of allylic oxidation sites excluding steroid dienone is 3. The van der Waals surface area contributed by atoms with Crippen molar-refractivity contribution < 1.29 is 14.3 Å². The van der Waals surface area contributed by atoms with Gasteiger partial charge in [0.25, 0.3) is 0 Å². The van der Waals surface area contributed by atoms with Gasteiger partial charge in [-0.15, -0.1) is 12.4 Å². The van der Waals surface area contributed by atoms with E-state index in [0.717, 1.165) is 12.8 Å². The number of ether oxygens (including phenoxy) is 1. The number of rotatable bonds is 10. The van der Waals surface area contributed by atoms with Crippen molar-refractivity contribution in [1.29, 1.82) is 0 Å². The molecule has 0 aromatic carbocycles. The Labute approximate surface area is 127 Å². The Balaban J connectivity index is 0.00000361. The molecule has 0 N–H and O–H groups in total. The van der Waals surface area contributed by atoms with Crippen LogP contribution < -0.4 is 0 Å². The van der Waals surface area contributed by atoms with Crippen LogP contribution in [0.3, 0.4) is 0 Å². The summed E-state index contributed by atoms with van der Waals surface area (Å²) in [6.07, 6.45) is 13.6. The van der Waals surface area contributed by atoms with Crippen LogP contribution in [0.1, 0.15) is 58.3 Å². The third-order valence-electron chi connectivity index (χ3n) is 3.17. The van der Waals surface area contributed by atoms with E-state index in [1.54, 1.807) is 0 Å². The monoisotopic (exact) mass is 300 g/mol. The van der Waals surface area contributed by atoms with E-state index >= 15 is 0 Å². The average Bonchev–Trinajstić information content (AvgIpc) is 2.40. The highest BCUT2D eigenvalue weighted by Gasteiger charge is 2.13. The van der Waals surface area contributed by atoms with Gasteiger partial charge in [0.05, 0.1) is 6.61 Å². The van der Waals surface area contributed by atoms with E-state index in [1.807, 2.05) is 0 Å². The van der Waals surface area contributed by atoms with Crippen LogP contribution in [0.2, 0.25) is 0 Å². The minimum Gasteiger partial charge on any atom is -0.489 e. The summed E-state index contributed by atoms with van der Waals surface area (Å²) >= 11 is 0. The Kier molecular flexibility index (Phi) is 11.1. The quantitative estimate of drug-likeness (QED) is 0.449. The summed E-state index contributed by atoms with van der Waals surface area (Å²) in [6, 6.07) is 0. The maximum Gasteiger partial charge on any atom is 0.220 e. The van der Waals surface area contributed by atoms with Crippen molar-refractivity contribution in [2.24, 2.45) is 0 Å². The number of halogens is 1. The summed E-state index contributed by atoms with van der Waals surface area (Å²) in [5, 5.41) is 0. The SMILES string of the molecule is CCCCCCCCCCOC1=CC(=O)C=CC1=O.Cl. The standard InChI is InChI=1S/C16H24O3.ClH/c1-2-3-4-5-6-7-8-9-12-19-16-13-14(17)10-11-15(16)18;/h10-11,13H,2-9,12H2,1H3;1H. The summed E-state index contributed by atoms with van der Waals surface area (Å²) in [4.78, 5) is 22.5. The first-order valence-electron chi connectivity index (χ1n) is 7.35. The van der Waals surface area contributed by atoms with Gasteiger partial charge in [-0.1, -0.05) is 51.9 Å². The fourth-order valence-electron chi connectivity index (χ4n) is 2.02. The van der Waals surface area contributed by atoms with Crippen molar-refractivity contribution in [3.63, 3.8) is 0 Å². The zero-order valence-corrected chi connectivity index (χ0v) is 13.0. The zero-order chi connectivity index (χ0) is 13.9. The molecule has 0 fully saturated rings. The first-order valence-corrected chi connectivity index (χ1v) is 7.35. The molecule has 0 aromatic rings. The Morgan fingerprint density at radius 2 is 1.50 bits per heavy atom. The Bertz CT molecular complexity index is 359. The number of hydrogen-bond acceptors (Lipinski definition) is 3. The third-order valence-corrected chi connectivity index (χ3v) is 3.17. The molecule has 0 radical (unpaired) electrons. The van der Waals surface area contributed by atoms with Gasteiger partial charge in [0.15, 0.2) is 11.5 Å². The highest BCUT2D eigenvalue weighted by molar-refractivity contribution is 6.16. The van der Waals surface area contributed by atoms with Crippen LogP contribution >= 0.6 is 12.4 Å². The summed E-state index contributed by atoms with van der Waals surface area (Å²) < 4.78 is 5.35. The molecule has 0 spiro atoms. The molecule has 0 aliphatic heterocycles. The molecule has 20 heavy (non-hydrogen) atoms. The lowest BCUT2D eigenvalue weighted by Gasteiger charge is -2.09. The molecule has 0 amide bonds. The van der Waals surface area contributed by atoms with Gasteiger partial charge < -0.3 is 4.74 Å². The van der Waals surface area contributed by atoms with Crippen LogP contribution in [0.15, 0.2) is 24.0 Å². The van der Waals surface area contributed by atoms with Gasteiger partial charge in [0.1, 0.15) is 0 Å². The molecular formula is C16H25ClO3. The van der Waals surface area contributed by atoms with Crippen molar-refractivity contribution in [3.8, 4) is 0 Å². The molecule has 114 valence electrons. The van der Waals surface area contributed by atoms with Crippen LogP contribution in [0.5, 0.6) is 0 Å². The predicted octanol–water partition coefficient (Wildman–Crippen LogP) is 4.16. The number of ketones is 2. The molecule has 1 aliphatic carbocycles. The topological polar surface area (TPSA) is 43.4 Å². The van der Waals surface area contributed by atoms with E-state index in [-0.39, 0.29) is 29.7 Å². The van der Waals surface area contributed by atoms with Crippen LogP contribution in [0, 0.1) is 0 Å². The fraction of sp³-hybridized carbons (Fsp3) is 0.625. The van der Waals surface area contributed by atoms with Crippen LogP contribution in [-0.2, 0) is 14.3 Å². The molecule has 0 saturated carbocycles. The molecular weight excluding hydrogens is 276 g/mol. The molecule has 4 heteroatoms. The summed E-state index contributed by atoms with van der Waals surface area (Å²) in [5.41, 5.74) is 0. The minimum atomic E-state index is -0.209. The van der Waals surface area contributed by atoms with Crippen molar-refractivity contribution in [3.05, 3.63) is 24.0 Å². The van der Waals surface area contributed by atoms with Gasteiger partial charge in [-0.3, -0.25) is 9.59 Å². The molecule has 0 aromatic heterocycles. The highest BCUT2D eigenvalue weighted by atomic mass is 35.5. The van der Waals surface area contributed by atoms with Crippen LogP contribution in [-0.4, -0.2) is 18.2 Å². The Morgan fingerprint density at radius 3 is 2.15 bits per heavy atom. The first kappa shape index (κ1) is 18.9. The highest BCUT2D eigenvalue weighted by Crippen LogP contribution is 2.11. The van der Waals surface area contributed by atoms with Gasteiger partial charge in [-0.25, -0.2) is 0 Å². The normalized spacial score (nSPS) is 13.9. The number of carbonyl (C=O) groups excluding carboxylic acids is 2. The third kappa shape index (κ3) is 8.16. The largest absolute Gasteiger partial charge is 0.489 e. The second kappa shape index (κ2) is 11.7. The van der Waals surface area contributed by atoms with Gasteiger partial charge in [0, 0.05) is 6.08 Å². The molecule has 3 nitrogen and oxygen atoms in total. The maximum atomic E-state index is 11.4. The molecule has 0 saturated heterocycles. The second-order valence-electron chi connectivity index (χ2n) is 4.93. The van der Waals surface area contributed by atoms with E-state index in [9.17, 15) is 9.59 Å². The van der Waals surface area contributed by atoms with Gasteiger partial charge in [-0.2, -0.15) is 0 Å². The molecule has 0 unspecified atom stereocenters. The van der Waals surface area contributed by atoms with E-state index in [1.165, 1.54) is 56.8 Å². The summed E-state index contributed by atoms with van der Waals surface area (Å²) in [7, 11) is 0. The van der Waals surface area contributed by atoms with E-state index < -0.39 is 0 Å². The first-order chi connectivity index (χ1) is 9.24. The second-order valence-corrected chi connectivity index (χ2v) is 4.93. The maximum absolute atomic E-state index is 11.4. The van der Waals surface area contributed by atoms with Crippen molar-refractivity contribution >= 4 is 24.0 Å². The smallest absolute Gasteiger partial charge is 0.220 e. The summed E-state index contributed by atoms with van der Waals surface area (Å²) in [5.74, 6) is -0.194. The summed E-state index contributed by atoms with van der Waals surface area (Å²) in [6.45, 7) is 2.74. The van der Waals surface area contributed by atoms with Gasteiger partial charge in [-0.05, 0) is 18.6 Å². The molecule has 1 rings (SSSR count). The van der Waals surface area contributed by atoms with Gasteiger partial charge >= 0.3 is 0 Å². The van der Waals surface area contributed by atoms with Gasteiger partial charge in [0.2, 0.25) is 5.78 Å². The van der Waals surface area contributed by atoms with Crippen molar-refractivity contribution in [2.75, 3.05) is 6.61 Å². The minimum absolute atomic E-state index is 0. The number of carbonyl (C=O) groups is 2. The Hall–Kier alpha value is -1.09. The van der Waals surface area contributed by atoms with Crippen molar-refractivity contribution in [2.45, 2.75) is 58.3 Å². The molecule has 0 heterocycles. The van der Waals surface area contributed by atoms with E-state index in [4.69, 9.17) is 4.74 Å². The predicted molar refractivity (Wildman–Crippen MR) is 83.0 cm³/mol. The van der Waals surface area contributed by atoms with E-state index in [2.05, 4.69) is 6.92 Å². The molecule has 0 bridgehead atoms. The van der Waals surface area contributed by atoms with Crippen LogP contribution in [0.25, 0.3) is 0 Å². The lowest BCUT2D eigenvalue weighted by molar-refractivity contribution is -0.117. The van der Waals surface area contributed by atoms with E-state index in [0.29, 0.717) is 6.61 Å². The zero-order valence-electron chi connectivity index (χ0n) is 12.2.